The van der Waals surface area contributed by atoms with Gasteiger partial charge < -0.3 is 20.5 Å². The molecule has 7 heteroatoms. The van der Waals surface area contributed by atoms with E-state index in [1.165, 1.54) is 17.6 Å². The SMILES string of the molecule is COc1cc(Br)cc(C2NC(=O)c3c(sc4c3CCC(C(C)(C)C)C4)N2)c1O. The highest BCUT2D eigenvalue weighted by Crippen LogP contribution is 2.47. The fourth-order valence-corrected chi connectivity index (χ4v) is 5.97. The summed E-state index contributed by atoms with van der Waals surface area (Å²) in [6.45, 7) is 6.88. The number of anilines is 1. The number of methoxy groups -OCH3 is 1. The summed E-state index contributed by atoms with van der Waals surface area (Å²) < 4.78 is 6.02. The van der Waals surface area contributed by atoms with Crippen molar-refractivity contribution in [1.29, 1.82) is 0 Å². The number of benzene rings is 1. The number of amides is 1. The van der Waals surface area contributed by atoms with Crippen LogP contribution in [0, 0.1) is 11.3 Å². The molecule has 0 bridgehead atoms. The molecule has 0 saturated carbocycles. The Morgan fingerprint density at radius 1 is 1.29 bits per heavy atom. The third kappa shape index (κ3) is 3.28. The molecule has 1 amide bonds. The highest BCUT2D eigenvalue weighted by molar-refractivity contribution is 9.10. The van der Waals surface area contributed by atoms with Gasteiger partial charge >= 0.3 is 0 Å². The summed E-state index contributed by atoms with van der Waals surface area (Å²) in [4.78, 5) is 14.3. The van der Waals surface area contributed by atoms with Gasteiger partial charge in [0.15, 0.2) is 11.5 Å². The van der Waals surface area contributed by atoms with E-state index >= 15 is 0 Å². The van der Waals surface area contributed by atoms with Crippen LogP contribution in [-0.2, 0) is 12.8 Å². The summed E-state index contributed by atoms with van der Waals surface area (Å²) in [6.07, 6.45) is 2.56. The molecule has 28 heavy (non-hydrogen) atoms. The highest BCUT2D eigenvalue weighted by atomic mass is 79.9. The molecule has 2 aliphatic rings. The lowest BCUT2D eigenvalue weighted by Gasteiger charge is -2.34. The molecule has 0 spiro atoms. The second-order valence-electron chi connectivity index (χ2n) is 8.61. The topological polar surface area (TPSA) is 70.6 Å². The maximum atomic E-state index is 13.0. The fraction of sp³-hybridized carbons (Fsp3) is 0.476. The van der Waals surface area contributed by atoms with Crippen molar-refractivity contribution in [3.05, 3.63) is 38.2 Å². The number of halogens is 1. The quantitative estimate of drug-likeness (QED) is 0.568. The van der Waals surface area contributed by atoms with E-state index in [1.54, 1.807) is 23.5 Å². The number of ether oxygens (including phenoxy) is 1. The molecule has 2 unspecified atom stereocenters. The zero-order valence-electron chi connectivity index (χ0n) is 16.5. The molecule has 150 valence electrons. The van der Waals surface area contributed by atoms with Crippen LogP contribution in [0.5, 0.6) is 11.5 Å². The minimum Gasteiger partial charge on any atom is -0.504 e. The molecule has 2 heterocycles. The van der Waals surface area contributed by atoms with Crippen molar-refractivity contribution >= 4 is 38.2 Å². The lowest BCUT2D eigenvalue weighted by molar-refractivity contribution is 0.0934. The van der Waals surface area contributed by atoms with E-state index in [4.69, 9.17) is 4.74 Å². The Bertz CT molecular complexity index is 948. The number of fused-ring (bicyclic) bond motifs is 3. The summed E-state index contributed by atoms with van der Waals surface area (Å²) >= 11 is 5.13. The van der Waals surface area contributed by atoms with Crippen LogP contribution in [-0.4, -0.2) is 18.1 Å². The Morgan fingerprint density at radius 3 is 2.71 bits per heavy atom. The number of carbonyl (C=O) groups excluding carboxylic acids is 1. The van der Waals surface area contributed by atoms with Crippen molar-refractivity contribution < 1.29 is 14.6 Å². The molecule has 0 fully saturated rings. The van der Waals surface area contributed by atoms with Crippen molar-refractivity contribution in [3.63, 3.8) is 0 Å². The van der Waals surface area contributed by atoms with Crippen LogP contribution in [0.1, 0.15) is 59.7 Å². The monoisotopic (exact) mass is 464 g/mol. The minimum absolute atomic E-state index is 0.0288. The van der Waals surface area contributed by atoms with Gasteiger partial charge in [0.1, 0.15) is 11.2 Å². The third-order valence-electron chi connectivity index (χ3n) is 5.87. The van der Waals surface area contributed by atoms with Gasteiger partial charge in [-0.15, -0.1) is 11.3 Å². The van der Waals surface area contributed by atoms with Crippen molar-refractivity contribution in [3.8, 4) is 11.5 Å². The number of thiophene rings is 1. The van der Waals surface area contributed by atoms with E-state index in [0.29, 0.717) is 17.2 Å². The molecule has 2 aromatic rings. The third-order valence-corrected chi connectivity index (χ3v) is 7.51. The Morgan fingerprint density at radius 2 is 2.04 bits per heavy atom. The van der Waals surface area contributed by atoms with Crippen LogP contribution in [0.4, 0.5) is 5.00 Å². The maximum absolute atomic E-state index is 13.0. The van der Waals surface area contributed by atoms with Crippen LogP contribution >= 0.6 is 27.3 Å². The molecular formula is C21H25BrN2O3S. The predicted molar refractivity (Wildman–Crippen MR) is 115 cm³/mol. The lowest BCUT2D eigenvalue weighted by Crippen LogP contribution is -2.38. The first-order valence-corrected chi connectivity index (χ1v) is 11.1. The van der Waals surface area contributed by atoms with Crippen LogP contribution in [0.2, 0.25) is 0 Å². The number of carbonyl (C=O) groups is 1. The largest absolute Gasteiger partial charge is 0.504 e. The van der Waals surface area contributed by atoms with Crippen LogP contribution in [0.15, 0.2) is 16.6 Å². The van der Waals surface area contributed by atoms with Gasteiger partial charge in [0.25, 0.3) is 5.91 Å². The van der Waals surface area contributed by atoms with E-state index in [0.717, 1.165) is 34.3 Å². The molecule has 2 atom stereocenters. The van der Waals surface area contributed by atoms with Gasteiger partial charge in [-0.3, -0.25) is 4.79 Å². The molecule has 1 aliphatic heterocycles. The average molecular weight is 465 g/mol. The van der Waals surface area contributed by atoms with Crippen LogP contribution < -0.4 is 15.4 Å². The molecular weight excluding hydrogens is 440 g/mol. The molecule has 1 aromatic carbocycles. The highest BCUT2D eigenvalue weighted by Gasteiger charge is 2.37. The zero-order valence-corrected chi connectivity index (χ0v) is 18.9. The Kier molecular flexibility index (Phi) is 4.86. The first kappa shape index (κ1) is 19.6. The molecule has 5 nitrogen and oxygen atoms in total. The smallest absolute Gasteiger partial charge is 0.256 e. The van der Waals surface area contributed by atoms with Gasteiger partial charge in [0, 0.05) is 14.9 Å². The molecule has 1 aliphatic carbocycles. The van der Waals surface area contributed by atoms with Gasteiger partial charge in [-0.2, -0.15) is 0 Å². The fourth-order valence-electron chi connectivity index (χ4n) is 4.16. The standard InChI is InChI=1S/C21H25BrN2O3S/c1-21(2,3)10-5-6-12-15(7-10)28-20-16(12)19(26)23-18(24-20)13-8-11(22)9-14(27-4)17(13)25/h8-10,18,24-25H,5-7H2,1-4H3,(H,23,26). The Labute approximate surface area is 177 Å². The molecule has 0 radical (unpaired) electrons. The van der Waals surface area contributed by atoms with Crippen molar-refractivity contribution in [2.75, 3.05) is 12.4 Å². The number of nitrogens with one attached hydrogen (secondary N) is 2. The number of hydrogen-bond donors (Lipinski definition) is 3. The first-order valence-electron chi connectivity index (χ1n) is 9.47. The van der Waals surface area contributed by atoms with E-state index in [-0.39, 0.29) is 17.1 Å². The molecule has 4 rings (SSSR count). The Hall–Kier alpha value is -1.73. The molecule has 0 saturated heterocycles. The van der Waals surface area contributed by atoms with Gasteiger partial charge in [0.2, 0.25) is 0 Å². The predicted octanol–water partition coefficient (Wildman–Crippen LogP) is 5.23. The first-order chi connectivity index (χ1) is 13.2. The molecule has 3 N–H and O–H groups in total. The maximum Gasteiger partial charge on any atom is 0.256 e. The number of hydrogen-bond acceptors (Lipinski definition) is 5. The van der Waals surface area contributed by atoms with E-state index in [1.807, 2.05) is 0 Å². The van der Waals surface area contributed by atoms with Gasteiger partial charge in [-0.05, 0) is 48.3 Å². The van der Waals surface area contributed by atoms with E-state index in [9.17, 15) is 9.90 Å². The van der Waals surface area contributed by atoms with Crippen LogP contribution in [0.25, 0.3) is 0 Å². The van der Waals surface area contributed by atoms with Crippen LogP contribution in [0.3, 0.4) is 0 Å². The van der Waals surface area contributed by atoms with Crippen molar-refractivity contribution in [2.45, 2.75) is 46.2 Å². The molecule has 1 aromatic heterocycles. The normalized spacial score (nSPS) is 21.4. The Balaban J connectivity index is 1.69. The second-order valence-corrected chi connectivity index (χ2v) is 10.6. The number of phenolic OH excluding ortho intramolecular Hbond substituents is 1. The summed E-state index contributed by atoms with van der Waals surface area (Å²) in [5.41, 5.74) is 2.81. The van der Waals surface area contributed by atoms with E-state index < -0.39 is 6.17 Å². The summed E-state index contributed by atoms with van der Waals surface area (Å²) in [5.74, 6) is 0.937. The van der Waals surface area contributed by atoms with E-state index in [2.05, 4.69) is 47.3 Å². The number of aromatic hydroxyl groups is 1. The number of phenols is 1. The van der Waals surface area contributed by atoms with Crippen molar-refractivity contribution in [2.24, 2.45) is 11.3 Å². The second kappa shape index (κ2) is 6.95. The minimum atomic E-state index is -0.509. The van der Waals surface area contributed by atoms with Gasteiger partial charge in [0.05, 0.1) is 12.7 Å². The van der Waals surface area contributed by atoms with Gasteiger partial charge in [-0.25, -0.2) is 0 Å². The summed E-state index contributed by atoms with van der Waals surface area (Å²) in [7, 11) is 1.51. The van der Waals surface area contributed by atoms with Gasteiger partial charge in [-0.1, -0.05) is 36.7 Å². The number of rotatable bonds is 2. The summed E-state index contributed by atoms with van der Waals surface area (Å²) in [5, 5.41) is 17.9. The zero-order chi connectivity index (χ0) is 20.2. The average Bonchev–Trinajstić information content (AvgIpc) is 3.00. The van der Waals surface area contributed by atoms with Crippen molar-refractivity contribution in [1.82, 2.24) is 5.32 Å². The lowest BCUT2D eigenvalue weighted by atomic mass is 9.72. The summed E-state index contributed by atoms with van der Waals surface area (Å²) in [6, 6.07) is 3.50.